The highest BCUT2D eigenvalue weighted by Gasteiger charge is 2.24. The molecule has 0 radical (unpaired) electrons. The Morgan fingerprint density at radius 1 is 1.18 bits per heavy atom. The summed E-state index contributed by atoms with van der Waals surface area (Å²) in [6.07, 6.45) is 2.20. The van der Waals surface area contributed by atoms with Crippen LogP contribution in [0.15, 0.2) is 53.6 Å². The second kappa shape index (κ2) is 6.49. The van der Waals surface area contributed by atoms with Crippen LogP contribution < -0.4 is 5.56 Å². The number of hydrogen-bond donors (Lipinski definition) is 1. The Bertz CT molecular complexity index is 1290. The predicted molar refractivity (Wildman–Crippen MR) is 108 cm³/mol. The first-order valence-electron chi connectivity index (χ1n) is 9.11. The number of halogens is 1. The molecule has 3 heterocycles. The van der Waals surface area contributed by atoms with Gasteiger partial charge < -0.3 is 9.88 Å². The summed E-state index contributed by atoms with van der Waals surface area (Å²) < 4.78 is 1.38. The molecule has 1 amide bonds. The molecule has 1 N–H and O–H groups in total. The number of nitrogens with zero attached hydrogens (tertiary/aromatic N) is 3. The number of fused-ring (bicyclic) bond motifs is 4. The van der Waals surface area contributed by atoms with Crippen molar-refractivity contribution in [2.75, 3.05) is 6.54 Å². The molecule has 4 aromatic rings. The Morgan fingerprint density at radius 2 is 2.04 bits per heavy atom. The fraction of sp³-hybridized carbons (Fsp3) is 0.190. The second-order valence-corrected chi connectivity index (χ2v) is 7.47. The summed E-state index contributed by atoms with van der Waals surface area (Å²) in [5.41, 5.74) is 3.70. The molecular formula is C21H17ClN4O2. The van der Waals surface area contributed by atoms with Crippen molar-refractivity contribution < 1.29 is 4.79 Å². The molecule has 0 atom stereocenters. The van der Waals surface area contributed by atoms with Crippen LogP contribution in [0.4, 0.5) is 0 Å². The molecular weight excluding hydrogens is 376 g/mol. The van der Waals surface area contributed by atoms with E-state index in [0.717, 1.165) is 28.6 Å². The Labute approximate surface area is 165 Å². The summed E-state index contributed by atoms with van der Waals surface area (Å²) in [6, 6.07) is 12.9. The molecule has 28 heavy (non-hydrogen) atoms. The summed E-state index contributed by atoms with van der Waals surface area (Å²) in [5.74, 6) is -0.0961. The Balaban J connectivity index is 1.43. The molecule has 2 aromatic carbocycles. The van der Waals surface area contributed by atoms with Crippen LogP contribution >= 0.6 is 11.6 Å². The molecule has 0 bridgehead atoms. The van der Waals surface area contributed by atoms with Gasteiger partial charge in [-0.25, -0.2) is 4.98 Å². The van der Waals surface area contributed by atoms with Crippen LogP contribution in [0.1, 0.15) is 11.3 Å². The Hall–Kier alpha value is -3.12. The molecule has 0 aliphatic carbocycles. The van der Waals surface area contributed by atoms with Crippen LogP contribution in [0.3, 0.4) is 0 Å². The molecule has 0 unspecified atom stereocenters. The van der Waals surface area contributed by atoms with Gasteiger partial charge in [0, 0.05) is 46.7 Å². The van der Waals surface area contributed by atoms with Crippen molar-refractivity contribution in [1.29, 1.82) is 0 Å². The first-order chi connectivity index (χ1) is 13.6. The molecule has 1 aliphatic rings. The van der Waals surface area contributed by atoms with Gasteiger partial charge in [0.2, 0.25) is 5.91 Å². The zero-order valence-electron chi connectivity index (χ0n) is 15.0. The van der Waals surface area contributed by atoms with Gasteiger partial charge in [0.25, 0.3) is 5.56 Å². The average Bonchev–Trinajstić information content (AvgIpc) is 3.07. The number of amides is 1. The van der Waals surface area contributed by atoms with E-state index in [1.54, 1.807) is 23.1 Å². The normalized spacial score (nSPS) is 13.8. The van der Waals surface area contributed by atoms with Crippen LogP contribution in [0.2, 0.25) is 5.02 Å². The maximum absolute atomic E-state index is 12.9. The molecule has 5 rings (SSSR count). The SMILES string of the molecule is O=C(Cn1cnc2ccccc2c1=O)N1CCc2[nH]c3ccc(Cl)cc3c2C1. The molecule has 0 saturated heterocycles. The number of nitrogens with one attached hydrogen (secondary N) is 1. The van der Waals surface area contributed by atoms with Crippen LogP contribution in [0.25, 0.3) is 21.8 Å². The van der Waals surface area contributed by atoms with E-state index in [9.17, 15) is 9.59 Å². The number of H-pyrrole nitrogens is 1. The van der Waals surface area contributed by atoms with Crippen molar-refractivity contribution in [1.82, 2.24) is 19.4 Å². The third kappa shape index (κ3) is 2.77. The number of benzene rings is 2. The number of aromatic amines is 1. The minimum atomic E-state index is -0.199. The lowest BCUT2D eigenvalue weighted by Crippen LogP contribution is -2.39. The van der Waals surface area contributed by atoms with E-state index in [1.807, 2.05) is 24.3 Å². The monoisotopic (exact) mass is 392 g/mol. The second-order valence-electron chi connectivity index (χ2n) is 7.03. The van der Waals surface area contributed by atoms with Crippen molar-refractivity contribution in [3.8, 4) is 0 Å². The first kappa shape index (κ1) is 17.0. The minimum Gasteiger partial charge on any atom is -0.358 e. The van der Waals surface area contributed by atoms with E-state index in [4.69, 9.17) is 11.6 Å². The summed E-state index contributed by atoms with van der Waals surface area (Å²) >= 11 is 6.15. The highest BCUT2D eigenvalue weighted by atomic mass is 35.5. The molecule has 7 heteroatoms. The highest BCUT2D eigenvalue weighted by molar-refractivity contribution is 6.31. The maximum Gasteiger partial charge on any atom is 0.261 e. The van der Waals surface area contributed by atoms with Crippen LogP contribution in [0.5, 0.6) is 0 Å². The molecule has 140 valence electrons. The number of carbonyl (C=O) groups is 1. The molecule has 0 fully saturated rings. The lowest BCUT2D eigenvalue weighted by atomic mass is 10.0. The van der Waals surface area contributed by atoms with Crippen LogP contribution in [0, 0.1) is 0 Å². The average molecular weight is 393 g/mol. The largest absolute Gasteiger partial charge is 0.358 e. The quantitative estimate of drug-likeness (QED) is 0.569. The molecule has 6 nitrogen and oxygen atoms in total. The van der Waals surface area contributed by atoms with Crippen molar-refractivity contribution in [2.24, 2.45) is 0 Å². The van der Waals surface area contributed by atoms with Gasteiger partial charge >= 0.3 is 0 Å². The zero-order chi connectivity index (χ0) is 19.3. The van der Waals surface area contributed by atoms with Crippen LogP contribution in [-0.4, -0.2) is 31.9 Å². The minimum absolute atomic E-state index is 0.0187. The van der Waals surface area contributed by atoms with E-state index < -0.39 is 0 Å². The fourth-order valence-electron chi connectivity index (χ4n) is 3.86. The van der Waals surface area contributed by atoms with E-state index in [-0.39, 0.29) is 18.0 Å². The Kier molecular flexibility index (Phi) is 3.94. The number of aromatic nitrogens is 3. The van der Waals surface area contributed by atoms with Gasteiger partial charge in [-0.15, -0.1) is 0 Å². The number of carbonyl (C=O) groups excluding carboxylic acids is 1. The van der Waals surface area contributed by atoms with Gasteiger partial charge in [-0.3, -0.25) is 14.2 Å². The number of hydrogen-bond acceptors (Lipinski definition) is 3. The van der Waals surface area contributed by atoms with Crippen molar-refractivity contribution in [3.63, 3.8) is 0 Å². The predicted octanol–water partition coefficient (Wildman–Crippen LogP) is 3.12. The lowest BCUT2D eigenvalue weighted by molar-refractivity contribution is -0.132. The smallest absolute Gasteiger partial charge is 0.261 e. The molecule has 2 aromatic heterocycles. The van der Waals surface area contributed by atoms with Crippen molar-refractivity contribution in [3.05, 3.63) is 75.4 Å². The highest BCUT2D eigenvalue weighted by Crippen LogP contribution is 2.29. The summed E-state index contributed by atoms with van der Waals surface area (Å²) in [7, 11) is 0. The number of rotatable bonds is 2. The first-order valence-corrected chi connectivity index (χ1v) is 9.49. The van der Waals surface area contributed by atoms with E-state index >= 15 is 0 Å². The van der Waals surface area contributed by atoms with Gasteiger partial charge in [-0.05, 0) is 30.3 Å². The summed E-state index contributed by atoms with van der Waals surface area (Å²) in [6.45, 7) is 1.10. The maximum atomic E-state index is 12.9. The van der Waals surface area contributed by atoms with Gasteiger partial charge in [-0.1, -0.05) is 23.7 Å². The lowest BCUT2D eigenvalue weighted by Gasteiger charge is -2.27. The van der Waals surface area contributed by atoms with Crippen molar-refractivity contribution >= 4 is 39.3 Å². The summed E-state index contributed by atoms with van der Waals surface area (Å²) in [5, 5.41) is 2.24. The van der Waals surface area contributed by atoms with Gasteiger partial charge in [-0.2, -0.15) is 0 Å². The van der Waals surface area contributed by atoms with Gasteiger partial charge in [0.1, 0.15) is 6.54 Å². The zero-order valence-corrected chi connectivity index (χ0v) is 15.7. The van der Waals surface area contributed by atoms with E-state index in [1.165, 1.54) is 10.9 Å². The topological polar surface area (TPSA) is 71.0 Å². The molecule has 0 spiro atoms. The standard InChI is InChI=1S/C21H17ClN4O2/c22-13-5-6-18-15(9-13)16-10-25(8-7-19(16)24-18)20(27)11-26-12-23-17-4-2-1-3-14(17)21(26)28/h1-6,9,12,24H,7-8,10-11H2. The third-order valence-electron chi connectivity index (χ3n) is 5.33. The molecule has 0 saturated carbocycles. The summed E-state index contributed by atoms with van der Waals surface area (Å²) in [4.78, 5) is 35.0. The number of para-hydroxylation sites is 1. The van der Waals surface area contributed by atoms with Gasteiger partial charge in [0.15, 0.2) is 0 Å². The van der Waals surface area contributed by atoms with E-state index in [0.29, 0.717) is 29.0 Å². The third-order valence-corrected chi connectivity index (χ3v) is 5.56. The van der Waals surface area contributed by atoms with Gasteiger partial charge in [0.05, 0.1) is 17.2 Å². The van der Waals surface area contributed by atoms with Crippen LogP contribution in [-0.2, 0) is 24.3 Å². The molecule has 1 aliphatic heterocycles. The fourth-order valence-corrected chi connectivity index (χ4v) is 4.04. The Morgan fingerprint density at radius 3 is 2.93 bits per heavy atom. The van der Waals surface area contributed by atoms with Crippen molar-refractivity contribution in [2.45, 2.75) is 19.5 Å². The van der Waals surface area contributed by atoms with E-state index in [2.05, 4.69) is 9.97 Å².